The van der Waals surface area contributed by atoms with Crippen molar-refractivity contribution in [1.29, 1.82) is 0 Å². The molecular formula is C13H27ClN2O4. The summed E-state index contributed by atoms with van der Waals surface area (Å²) in [6, 6.07) is 0. The van der Waals surface area contributed by atoms with Crippen molar-refractivity contribution >= 4 is 24.3 Å². The number of methoxy groups -OCH3 is 2. The number of nitrogens with one attached hydrogen (secondary N) is 1. The lowest BCUT2D eigenvalue weighted by atomic mass is 9.88. The smallest absolute Gasteiger partial charge is 0.307 e. The van der Waals surface area contributed by atoms with E-state index in [0.29, 0.717) is 12.8 Å². The van der Waals surface area contributed by atoms with E-state index in [1.807, 2.05) is 13.8 Å². The minimum atomic E-state index is -0.558. The summed E-state index contributed by atoms with van der Waals surface area (Å²) in [5.74, 6) is -0.490. The molecule has 1 amide bonds. The van der Waals surface area contributed by atoms with Crippen molar-refractivity contribution in [2.45, 2.75) is 51.2 Å². The van der Waals surface area contributed by atoms with Crippen molar-refractivity contribution in [3.63, 3.8) is 0 Å². The summed E-state index contributed by atoms with van der Waals surface area (Å²) in [6.45, 7) is 4.15. The first-order valence-electron chi connectivity index (χ1n) is 6.57. The largest absolute Gasteiger partial charge is 0.469 e. The lowest BCUT2D eigenvalue weighted by Crippen LogP contribution is -2.50. The maximum absolute atomic E-state index is 12.0. The zero-order valence-corrected chi connectivity index (χ0v) is 13.5. The van der Waals surface area contributed by atoms with Gasteiger partial charge in [-0.1, -0.05) is 13.8 Å². The van der Waals surface area contributed by atoms with Crippen LogP contribution < -0.4 is 11.1 Å². The number of hydrogen-bond acceptors (Lipinski definition) is 5. The van der Waals surface area contributed by atoms with Crippen molar-refractivity contribution in [2.24, 2.45) is 5.73 Å². The van der Waals surface area contributed by atoms with Crippen LogP contribution in [0.1, 0.15) is 39.5 Å². The number of nitrogens with two attached hydrogens (primary N) is 1. The lowest BCUT2D eigenvalue weighted by Gasteiger charge is -2.32. The zero-order chi connectivity index (χ0) is 14.9. The molecule has 0 aromatic carbocycles. The molecule has 0 radical (unpaired) electrons. The van der Waals surface area contributed by atoms with Gasteiger partial charge >= 0.3 is 5.97 Å². The molecule has 0 aliphatic heterocycles. The second kappa shape index (κ2) is 10.9. The summed E-state index contributed by atoms with van der Waals surface area (Å²) < 4.78 is 9.76. The Bertz CT molecular complexity index is 292. The fourth-order valence-electron chi connectivity index (χ4n) is 1.89. The fourth-order valence-corrected chi connectivity index (χ4v) is 1.89. The molecule has 1 atom stereocenters. The number of rotatable bonds is 9. The first-order chi connectivity index (χ1) is 8.96. The van der Waals surface area contributed by atoms with Gasteiger partial charge in [0.15, 0.2) is 0 Å². The Morgan fingerprint density at radius 1 is 1.25 bits per heavy atom. The number of esters is 1. The maximum atomic E-state index is 12.0. The number of carbonyl (C=O) groups excluding carboxylic acids is 2. The molecule has 0 saturated carbocycles. The van der Waals surface area contributed by atoms with E-state index in [4.69, 9.17) is 10.5 Å². The van der Waals surface area contributed by atoms with Crippen LogP contribution in [0.15, 0.2) is 0 Å². The molecule has 1 unspecified atom stereocenters. The van der Waals surface area contributed by atoms with Gasteiger partial charge in [-0.2, -0.15) is 0 Å². The van der Waals surface area contributed by atoms with Crippen LogP contribution in [0, 0.1) is 0 Å². The van der Waals surface area contributed by atoms with Crippen molar-refractivity contribution in [2.75, 3.05) is 20.8 Å². The first kappa shape index (κ1) is 21.4. The molecule has 7 heteroatoms. The molecule has 0 fully saturated rings. The molecule has 120 valence electrons. The molecule has 6 nitrogen and oxygen atoms in total. The van der Waals surface area contributed by atoms with E-state index in [9.17, 15) is 9.59 Å². The zero-order valence-electron chi connectivity index (χ0n) is 12.7. The highest BCUT2D eigenvalue weighted by Crippen LogP contribution is 2.20. The van der Waals surface area contributed by atoms with E-state index in [-0.39, 0.29) is 49.8 Å². The molecule has 0 aliphatic rings. The topological polar surface area (TPSA) is 90.7 Å². The molecule has 0 aromatic rings. The van der Waals surface area contributed by atoms with E-state index in [1.54, 1.807) is 0 Å². The van der Waals surface area contributed by atoms with E-state index in [1.165, 1.54) is 14.2 Å². The fraction of sp³-hybridized carbons (Fsp3) is 0.846. The standard InChI is InChI=1S/C13H26N2O4.ClH/c1-5-13(6-2,8-12(17)19-4)15-11(16)7-10(9-14)18-3;/h10H,5-9,14H2,1-4H3,(H,15,16);1H. The van der Waals surface area contributed by atoms with Crippen molar-refractivity contribution in [3.8, 4) is 0 Å². The quantitative estimate of drug-likeness (QED) is 0.620. The maximum Gasteiger partial charge on any atom is 0.307 e. The lowest BCUT2D eigenvalue weighted by molar-refractivity contribution is -0.143. The Labute approximate surface area is 127 Å². The number of halogens is 1. The van der Waals surface area contributed by atoms with Crippen LogP contribution >= 0.6 is 12.4 Å². The highest BCUT2D eigenvalue weighted by Gasteiger charge is 2.31. The van der Waals surface area contributed by atoms with Gasteiger partial charge in [0, 0.05) is 19.2 Å². The molecule has 3 N–H and O–H groups in total. The number of carbonyl (C=O) groups is 2. The Hall–Kier alpha value is -0.850. The highest BCUT2D eigenvalue weighted by molar-refractivity contribution is 5.85. The molecule has 0 spiro atoms. The minimum absolute atomic E-state index is 0. The minimum Gasteiger partial charge on any atom is -0.469 e. The van der Waals surface area contributed by atoms with Crippen LogP contribution in [-0.4, -0.2) is 44.3 Å². The summed E-state index contributed by atoms with van der Waals surface area (Å²) >= 11 is 0. The van der Waals surface area contributed by atoms with Gasteiger partial charge in [0.1, 0.15) is 0 Å². The molecule has 20 heavy (non-hydrogen) atoms. The van der Waals surface area contributed by atoms with Crippen LogP contribution in [-0.2, 0) is 19.1 Å². The van der Waals surface area contributed by atoms with Gasteiger partial charge in [-0.15, -0.1) is 12.4 Å². The Balaban J connectivity index is 0. The van der Waals surface area contributed by atoms with Crippen LogP contribution in [0.5, 0.6) is 0 Å². The van der Waals surface area contributed by atoms with Gasteiger partial charge in [0.2, 0.25) is 5.91 Å². The van der Waals surface area contributed by atoms with Crippen LogP contribution in [0.2, 0.25) is 0 Å². The van der Waals surface area contributed by atoms with Gasteiger partial charge in [0.05, 0.1) is 26.1 Å². The van der Waals surface area contributed by atoms with E-state index < -0.39 is 5.54 Å². The SMILES string of the molecule is CCC(CC)(CC(=O)OC)NC(=O)CC(CN)OC.Cl. The van der Waals surface area contributed by atoms with Crippen molar-refractivity contribution < 1.29 is 19.1 Å². The third-order valence-corrected chi connectivity index (χ3v) is 3.48. The van der Waals surface area contributed by atoms with Crippen molar-refractivity contribution in [1.82, 2.24) is 5.32 Å². The summed E-state index contributed by atoms with van der Waals surface area (Å²) in [5, 5.41) is 2.92. The van der Waals surface area contributed by atoms with Gasteiger partial charge in [-0.05, 0) is 12.8 Å². The van der Waals surface area contributed by atoms with Crippen LogP contribution in [0.25, 0.3) is 0 Å². The average molecular weight is 311 g/mol. The predicted octanol–water partition coefficient (Wildman–Crippen LogP) is 1.01. The molecule has 0 aromatic heterocycles. The number of hydrogen-bond donors (Lipinski definition) is 2. The van der Waals surface area contributed by atoms with Gasteiger partial charge in [0.25, 0.3) is 0 Å². The molecule has 0 bridgehead atoms. The van der Waals surface area contributed by atoms with E-state index in [2.05, 4.69) is 10.1 Å². The summed E-state index contributed by atoms with van der Waals surface area (Å²) in [4.78, 5) is 23.4. The molecular weight excluding hydrogens is 284 g/mol. The Morgan fingerprint density at radius 2 is 1.80 bits per heavy atom. The van der Waals surface area contributed by atoms with Crippen LogP contribution in [0.3, 0.4) is 0 Å². The van der Waals surface area contributed by atoms with E-state index in [0.717, 1.165) is 0 Å². The van der Waals surface area contributed by atoms with Gasteiger partial charge in [-0.25, -0.2) is 0 Å². The molecule has 0 aliphatic carbocycles. The Kier molecular flexibility index (Phi) is 11.7. The number of ether oxygens (including phenoxy) is 2. The third kappa shape index (κ3) is 7.07. The van der Waals surface area contributed by atoms with Crippen molar-refractivity contribution in [3.05, 3.63) is 0 Å². The second-order valence-corrected chi connectivity index (χ2v) is 4.59. The van der Waals surface area contributed by atoms with E-state index >= 15 is 0 Å². The molecule has 0 heterocycles. The third-order valence-electron chi connectivity index (χ3n) is 3.48. The normalized spacial score (nSPS) is 12.2. The monoisotopic (exact) mass is 310 g/mol. The van der Waals surface area contributed by atoms with Crippen LogP contribution in [0.4, 0.5) is 0 Å². The number of amides is 1. The van der Waals surface area contributed by atoms with Gasteiger partial charge in [-0.3, -0.25) is 9.59 Å². The second-order valence-electron chi connectivity index (χ2n) is 4.59. The summed E-state index contributed by atoms with van der Waals surface area (Å²) in [5.41, 5.74) is 4.93. The summed E-state index contributed by atoms with van der Waals surface area (Å²) in [7, 11) is 2.86. The highest BCUT2D eigenvalue weighted by atomic mass is 35.5. The molecule has 0 rings (SSSR count). The summed E-state index contributed by atoms with van der Waals surface area (Å²) in [6.07, 6.45) is 1.37. The molecule has 0 saturated heterocycles. The van der Waals surface area contributed by atoms with Gasteiger partial charge < -0.3 is 20.5 Å². The predicted molar refractivity (Wildman–Crippen MR) is 79.8 cm³/mol. The first-order valence-corrected chi connectivity index (χ1v) is 6.57. The Morgan fingerprint density at radius 3 is 2.15 bits per heavy atom. The average Bonchev–Trinajstić information content (AvgIpc) is 2.43.